The molecule has 1 heterocycles. The van der Waals surface area contributed by atoms with Crippen molar-refractivity contribution in [3.8, 4) is 0 Å². The van der Waals surface area contributed by atoms with Crippen LogP contribution in [0.3, 0.4) is 0 Å². The SMILES string of the molecule is C=CCN(CC=C)S(=O)(=O)c1ccc(CCN)s1. The van der Waals surface area contributed by atoms with Gasteiger partial charge < -0.3 is 5.73 Å². The molecule has 0 unspecified atom stereocenters. The van der Waals surface area contributed by atoms with Gasteiger partial charge in [-0.25, -0.2) is 8.42 Å². The van der Waals surface area contributed by atoms with E-state index in [0.29, 0.717) is 17.2 Å². The fourth-order valence-electron chi connectivity index (χ4n) is 1.46. The molecule has 1 aromatic rings. The highest BCUT2D eigenvalue weighted by Gasteiger charge is 2.24. The van der Waals surface area contributed by atoms with Gasteiger partial charge in [-0.1, -0.05) is 12.2 Å². The zero-order valence-corrected chi connectivity index (χ0v) is 11.8. The molecule has 0 fully saturated rings. The lowest BCUT2D eigenvalue weighted by molar-refractivity contribution is 0.476. The lowest BCUT2D eigenvalue weighted by atomic mass is 10.3. The summed E-state index contributed by atoms with van der Waals surface area (Å²) < 4.78 is 26.4. The monoisotopic (exact) mass is 286 g/mol. The molecule has 0 spiro atoms. The average Bonchev–Trinajstić information content (AvgIpc) is 2.78. The molecule has 2 N–H and O–H groups in total. The maximum Gasteiger partial charge on any atom is 0.253 e. The molecule has 18 heavy (non-hydrogen) atoms. The average molecular weight is 286 g/mol. The van der Waals surface area contributed by atoms with Gasteiger partial charge in [0.2, 0.25) is 0 Å². The highest BCUT2D eigenvalue weighted by molar-refractivity contribution is 7.91. The zero-order valence-electron chi connectivity index (χ0n) is 10.2. The number of nitrogens with zero attached hydrogens (tertiary/aromatic N) is 1. The van der Waals surface area contributed by atoms with Crippen molar-refractivity contribution in [1.82, 2.24) is 4.31 Å². The van der Waals surface area contributed by atoms with E-state index in [4.69, 9.17) is 5.73 Å². The molecule has 0 saturated carbocycles. The Morgan fingerprint density at radius 2 is 1.89 bits per heavy atom. The van der Waals surface area contributed by atoms with Crippen LogP contribution in [-0.2, 0) is 16.4 Å². The number of sulfonamides is 1. The maximum absolute atomic E-state index is 12.3. The van der Waals surface area contributed by atoms with E-state index in [0.717, 1.165) is 4.88 Å². The van der Waals surface area contributed by atoms with Gasteiger partial charge in [0, 0.05) is 18.0 Å². The van der Waals surface area contributed by atoms with Crippen LogP contribution in [-0.4, -0.2) is 32.4 Å². The van der Waals surface area contributed by atoms with Gasteiger partial charge in [0.15, 0.2) is 0 Å². The minimum Gasteiger partial charge on any atom is -0.330 e. The van der Waals surface area contributed by atoms with Gasteiger partial charge in [0.1, 0.15) is 4.21 Å². The van der Waals surface area contributed by atoms with E-state index >= 15 is 0 Å². The fourth-order valence-corrected chi connectivity index (χ4v) is 4.37. The number of rotatable bonds is 8. The molecular weight excluding hydrogens is 268 g/mol. The van der Waals surface area contributed by atoms with Crippen molar-refractivity contribution in [3.63, 3.8) is 0 Å². The molecule has 0 atom stereocenters. The minimum atomic E-state index is -3.45. The molecular formula is C12H18N2O2S2. The van der Waals surface area contributed by atoms with Crippen LogP contribution in [0.5, 0.6) is 0 Å². The molecule has 0 aliphatic rings. The van der Waals surface area contributed by atoms with Crippen molar-refractivity contribution in [2.75, 3.05) is 19.6 Å². The second-order valence-corrected chi connectivity index (χ2v) is 6.99. The Bertz CT molecular complexity index is 496. The highest BCUT2D eigenvalue weighted by atomic mass is 32.2. The van der Waals surface area contributed by atoms with Gasteiger partial charge in [-0.2, -0.15) is 4.31 Å². The van der Waals surface area contributed by atoms with Gasteiger partial charge in [-0.05, 0) is 25.1 Å². The van der Waals surface area contributed by atoms with E-state index in [1.807, 2.05) is 6.07 Å². The number of hydrogen-bond donors (Lipinski definition) is 1. The topological polar surface area (TPSA) is 63.4 Å². The Kier molecular flexibility index (Phi) is 5.74. The molecule has 0 radical (unpaired) electrons. The van der Waals surface area contributed by atoms with Crippen molar-refractivity contribution in [3.05, 3.63) is 42.3 Å². The van der Waals surface area contributed by atoms with E-state index in [1.165, 1.54) is 15.6 Å². The van der Waals surface area contributed by atoms with Crippen LogP contribution in [0.15, 0.2) is 41.7 Å². The maximum atomic E-state index is 12.3. The van der Waals surface area contributed by atoms with Crippen LogP contribution in [0.25, 0.3) is 0 Å². The molecule has 0 amide bonds. The van der Waals surface area contributed by atoms with Crippen molar-refractivity contribution < 1.29 is 8.42 Å². The molecule has 0 aliphatic heterocycles. The Balaban J connectivity index is 3.01. The first-order valence-electron chi connectivity index (χ1n) is 5.57. The van der Waals surface area contributed by atoms with E-state index in [2.05, 4.69) is 13.2 Å². The third-order valence-corrected chi connectivity index (χ3v) is 5.73. The predicted octanol–water partition coefficient (Wildman–Crippen LogP) is 1.61. The normalized spacial score (nSPS) is 11.7. The quantitative estimate of drug-likeness (QED) is 0.739. The lowest BCUT2D eigenvalue weighted by Crippen LogP contribution is -2.30. The number of nitrogens with two attached hydrogens (primary N) is 1. The van der Waals surface area contributed by atoms with Crippen LogP contribution < -0.4 is 5.73 Å². The Labute approximate surface area is 112 Å². The van der Waals surface area contributed by atoms with Crippen LogP contribution in [0.1, 0.15) is 4.88 Å². The van der Waals surface area contributed by atoms with Crippen LogP contribution in [0.4, 0.5) is 0 Å². The second-order valence-electron chi connectivity index (χ2n) is 3.66. The summed E-state index contributed by atoms with van der Waals surface area (Å²) in [4.78, 5) is 0.980. The Morgan fingerprint density at radius 1 is 1.28 bits per heavy atom. The van der Waals surface area contributed by atoms with Gasteiger partial charge in [-0.15, -0.1) is 24.5 Å². The molecule has 4 nitrogen and oxygen atoms in total. The summed E-state index contributed by atoms with van der Waals surface area (Å²) in [5.74, 6) is 0. The first kappa shape index (κ1) is 15.1. The summed E-state index contributed by atoms with van der Waals surface area (Å²) in [5.41, 5.74) is 5.45. The molecule has 100 valence electrons. The van der Waals surface area contributed by atoms with Gasteiger partial charge in [0.25, 0.3) is 10.0 Å². The molecule has 0 aliphatic carbocycles. The van der Waals surface area contributed by atoms with Crippen molar-refractivity contribution in [1.29, 1.82) is 0 Å². The molecule has 1 rings (SSSR count). The van der Waals surface area contributed by atoms with Gasteiger partial charge in [0.05, 0.1) is 0 Å². The predicted molar refractivity (Wildman–Crippen MR) is 76.2 cm³/mol. The molecule has 0 saturated heterocycles. The third kappa shape index (κ3) is 3.52. The molecule has 0 aromatic carbocycles. The minimum absolute atomic E-state index is 0.276. The van der Waals surface area contributed by atoms with E-state index < -0.39 is 10.0 Å². The molecule has 6 heteroatoms. The van der Waals surface area contributed by atoms with Crippen molar-refractivity contribution in [2.45, 2.75) is 10.6 Å². The Morgan fingerprint density at radius 3 is 2.39 bits per heavy atom. The van der Waals surface area contributed by atoms with Gasteiger partial charge >= 0.3 is 0 Å². The van der Waals surface area contributed by atoms with E-state index in [1.54, 1.807) is 18.2 Å². The summed E-state index contributed by atoms with van der Waals surface area (Å²) in [6, 6.07) is 3.44. The zero-order chi connectivity index (χ0) is 13.6. The smallest absolute Gasteiger partial charge is 0.253 e. The largest absolute Gasteiger partial charge is 0.330 e. The number of hydrogen-bond acceptors (Lipinski definition) is 4. The van der Waals surface area contributed by atoms with Crippen LogP contribution in [0.2, 0.25) is 0 Å². The Hall–Kier alpha value is -0.950. The third-order valence-electron chi connectivity index (χ3n) is 2.29. The molecule has 1 aromatic heterocycles. The van der Waals surface area contributed by atoms with Crippen LogP contribution in [0, 0.1) is 0 Å². The lowest BCUT2D eigenvalue weighted by Gasteiger charge is -2.17. The summed E-state index contributed by atoms with van der Waals surface area (Å²) in [6.45, 7) is 8.21. The summed E-state index contributed by atoms with van der Waals surface area (Å²) in [5, 5.41) is 0. The fraction of sp³-hybridized carbons (Fsp3) is 0.333. The summed E-state index contributed by atoms with van der Waals surface area (Å²) in [6.07, 6.45) is 3.83. The summed E-state index contributed by atoms with van der Waals surface area (Å²) in [7, 11) is -3.45. The van der Waals surface area contributed by atoms with Crippen molar-refractivity contribution in [2.24, 2.45) is 5.73 Å². The highest BCUT2D eigenvalue weighted by Crippen LogP contribution is 2.25. The first-order chi connectivity index (χ1) is 8.56. The van der Waals surface area contributed by atoms with E-state index in [-0.39, 0.29) is 13.1 Å². The number of thiophene rings is 1. The first-order valence-corrected chi connectivity index (χ1v) is 7.82. The van der Waals surface area contributed by atoms with E-state index in [9.17, 15) is 8.42 Å². The second kappa shape index (κ2) is 6.84. The van der Waals surface area contributed by atoms with Crippen molar-refractivity contribution >= 4 is 21.4 Å². The summed E-state index contributed by atoms with van der Waals surface area (Å²) >= 11 is 1.27. The van der Waals surface area contributed by atoms with Gasteiger partial charge in [-0.3, -0.25) is 0 Å². The molecule has 0 bridgehead atoms. The standard InChI is InChI=1S/C12H18N2O2S2/c1-3-9-14(10-4-2)18(15,16)12-6-5-11(17-12)7-8-13/h3-6H,1-2,7-10,13H2. The van der Waals surface area contributed by atoms with Crippen LogP contribution >= 0.6 is 11.3 Å².